The van der Waals surface area contributed by atoms with Crippen LogP contribution in [0.25, 0.3) is 11.1 Å². The molecule has 3 heteroatoms. The van der Waals surface area contributed by atoms with Crippen LogP contribution < -0.4 is 5.73 Å². The van der Waals surface area contributed by atoms with E-state index in [0.717, 1.165) is 16.7 Å². The first kappa shape index (κ1) is 14.4. The molecule has 0 aliphatic carbocycles. The number of hydrogen-bond donors (Lipinski definition) is 2. The molecule has 0 amide bonds. The lowest BCUT2D eigenvalue weighted by atomic mass is 9.91. The minimum Gasteiger partial charge on any atom is -0.371 e. The van der Waals surface area contributed by atoms with E-state index in [1.807, 2.05) is 42.5 Å². The molecule has 0 aromatic heterocycles. The SMILES string of the molecule is CC(C)c1ccc(C(=O)C(N)O)c(-c2ccccc2)c1. The Labute approximate surface area is 119 Å². The number of aliphatic hydroxyl groups excluding tert-OH is 1. The molecule has 0 radical (unpaired) electrons. The summed E-state index contributed by atoms with van der Waals surface area (Å²) in [5.74, 6) is -0.0939. The van der Waals surface area contributed by atoms with Gasteiger partial charge in [-0.2, -0.15) is 0 Å². The molecule has 0 saturated heterocycles. The highest BCUT2D eigenvalue weighted by atomic mass is 16.3. The average molecular weight is 269 g/mol. The first-order valence-electron chi connectivity index (χ1n) is 6.68. The Morgan fingerprint density at radius 1 is 1.10 bits per heavy atom. The Hall–Kier alpha value is -1.97. The van der Waals surface area contributed by atoms with Crippen molar-refractivity contribution >= 4 is 5.78 Å². The molecule has 0 fully saturated rings. The third-order valence-electron chi connectivity index (χ3n) is 3.33. The van der Waals surface area contributed by atoms with Crippen LogP contribution in [0.4, 0.5) is 0 Å². The number of rotatable bonds is 4. The first-order valence-corrected chi connectivity index (χ1v) is 6.68. The Balaban J connectivity index is 2.61. The van der Waals surface area contributed by atoms with Gasteiger partial charge in [0.15, 0.2) is 6.23 Å². The molecular formula is C17H19NO2. The number of benzene rings is 2. The molecule has 3 nitrogen and oxygen atoms in total. The van der Waals surface area contributed by atoms with Gasteiger partial charge >= 0.3 is 0 Å². The second-order valence-electron chi connectivity index (χ2n) is 5.13. The summed E-state index contributed by atoms with van der Waals surface area (Å²) < 4.78 is 0. The van der Waals surface area contributed by atoms with Crippen LogP contribution in [0.1, 0.15) is 35.7 Å². The summed E-state index contributed by atoms with van der Waals surface area (Å²) in [6.07, 6.45) is -1.48. The highest BCUT2D eigenvalue weighted by Gasteiger charge is 2.18. The molecule has 2 aromatic rings. The third kappa shape index (κ3) is 2.95. The van der Waals surface area contributed by atoms with E-state index < -0.39 is 12.0 Å². The predicted octanol–water partition coefficient (Wildman–Crippen LogP) is 2.94. The number of aliphatic hydroxyl groups is 1. The Morgan fingerprint density at radius 3 is 2.30 bits per heavy atom. The van der Waals surface area contributed by atoms with Crippen molar-refractivity contribution in [2.24, 2.45) is 5.73 Å². The molecule has 0 aliphatic rings. The maximum Gasteiger partial charge on any atom is 0.206 e. The molecule has 1 unspecified atom stereocenters. The van der Waals surface area contributed by atoms with Gasteiger partial charge in [-0.1, -0.05) is 62.4 Å². The molecule has 2 aromatic carbocycles. The van der Waals surface area contributed by atoms with Gasteiger partial charge in [0, 0.05) is 5.56 Å². The molecule has 20 heavy (non-hydrogen) atoms. The van der Waals surface area contributed by atoms with Crippen LogP contribution in [0.5, 0.6) is 0 Å². The summed E-state index contributed by atoms with van der Waals surface area (Å²) >= 11 is 0. The van der Waals surface area contributed by atoms with Gasteiger partial charge in [-0.05, 0) is 22.6 Å². The fourth-order valence-electron chi connectivity index (χ4n) is 2.15. The quantitative estimate of drug-likeness (QED) is 0.662. The molecule has 1 atom stereocenters. The van der Waals surface area contributed by atoms with Crippen LogP contribution in [-0.2, 0) is 0 Å². The number of carbonyl (C=O) groups is 1. The van der Waals surface area contributed by atoms with E-state index in [1.165, 1.54) is 0 Å². The van der Waals surface area contributed by atoms with Crippen LogP contribution in [0, 0.1) is 0 Å². The highest BCUT2D eigenvalue weighted by Crippen LogP contribution is 2.28. The van der Waals surface area contributed by atoms with Crippen molar-refractivity contribution in [1.29, 1.82) is 0 Å². The van der Waals surface area contributed by atoms with Crippen molar-refractivity contribution in [1.82, 2.24) is 0 Å². The van der Waals surface area contributed by atoms with Gasteiger partial charge in [0.25, 0.3) is 0 Å². The van der Waals surface area contributed by atoms with E-state index in [4.69, 9.17) is 5.73 Å². The second kappa shape index (κ2) is 5.99. The van der Waals surface area contributed by atoms with Crippen LogP contribution in [0.3, 0.4) is 0 Å². The van der Waals surface area contributed by atoms with E-state index in [0.29, 0.717) is 11.5 Å². The van der Waals surface area contributed by atoms with Gasteiger partial charge in [-0.3, -0.25) is 10.5 Å². The molecular weight excluding hydrogens is 250 g/mol. The molecule has 0 aliphatic heterocycles. The average Bonchev–Trinajstić information content (AvgIpc) is 2.46. The smallest absolute Gasteiger partial charge is 0.206 e. The number of hydrogen-bond acceptors (Lipinski definition) is 3. The zero-order chi connectivity index (χ0) is 14.7. The third-order valence-corrected chi connectivity index (χ3v) is 3.33. The largest absolute Gasteiger partial charge is 0.371 e. The van der Waals surface area contributed by atoms with Crippen molar-refractivity contribution in [3.8, 4) is 11.1 Å². The van der Waals surface area contributed by atoms with Gasteiger partial charge in [0.05, 0.1) is 0 Å². The monoisotopic (exact) mass is 269 g/mol. The summed E-state index contributed by atoms with van der Waals surface area (Å²) in [6, 6.07) is 15.3. The van der Waals surface area contributed by atoms with Crippen molar-refractivity contribution in [3.63, 3.8) is 0 Å². The van der Waals surface area contributed by atoms with E-state index >= 15 is 0 Å². The van der Waals surface area contributed by atoms with Crippen LogP contribution in [0.2, 0.25) is 0 Å². The summed E-state index contributed by atoms with van der Waals surface area (Å²) in [5, 5.41) is 9.35. The van der Waals surface area contributed by atoms with E-state index in [2.05, 4.69) is 13.8 Å². The van der Waals surface area contributed by atoms with Gasteiger partial charge < -0.3 is 5.11 Å². The van der Waals surface area contributed by atoms with Gasteiger partial charge in [-0.25, -0.2) is 0 Å². The maximum atomic E-state index is 12.0. The minimum atomic E-state index is -1.48. The van der Waals surface area contributed by atoms with Crippen LogP contribution in [0.15, 0.2) is 48.5 Å². The number of nitrogens with two attached hydrogens (primary N) is 1. The van der Waals surface area contributed by atoms with Crippen molar-refractivity contribution in [2.75, 3.05) is 0 Å². The fourth-order valence-corrected chi connectivity index (χ4v) is 2.15. The van der Waals surface area contributed by atoms with E-state index in [1.54, 1.807) is 6.07 Å². The summed E-state index contributed by atoms with van der Waals surface area (Å²) in [6.45, 7) is 4.20. The lowest BCUT2D eigenvalue weighted by Crippen LogP contribution is -2.30. The zero-order valence-electron chi connectivity index (χ0n) is 11.7. The van der Waals surface area contributed by atoms with Crippen molar-refractivity contribution in [2.45, 2.75) is 26.0 Å². The van der Waals surface area contributed by atoms with Crippen LogP contribution in [-0.4, -0.2) is 17.1 Å². The molecule has 2 rings (SSSR count). The topological polar surface area (TPSA) is 63.3 Å². The second-order valence-corrected chi connectivity index (χ2v) is 5.13. The minimum absolute atomic E-state index is 0.365. The molecule has 0 bridgehead atoms. The van der Waals surface area contributed by atoms with E-state index in [-0.39, 0.29) is 0 Å². The van der Waals surface area contributed by atoms with Gasteiger partial charge in [-0.15, -0.1) is 0 Å². The molecule has 0 heterocycles. The maximum absolute atomic E-state index is 12.0. The number of ketones is 1. The zero-order valence-corrected chi connectivity index (χ0v) is 11.7. The lowest BCUT2D eigenvalue weighted by molar-refractivity contribution is 0.0760. The Bertz CT molecular complexity index is 604. The Kier molecular flexibility index (Phi) is 4.32. The standard InChI is InChI=1S/C17H19NO2/c1-11(2)13-8-9-14(16(19)17(18)20)15(10-13)12-6-4-3-5-7-12/h3-11,17,20H,18H2,1-2H3. The van der Waals surface area contributed by atoms with Gasteiger partial charge in [0.2, 0.25) is 5.78 Å². The summed E-state index contributed by atoms with van der Waals surface area (Å²) in [7, 11) is 0. The number of Topliss-reactive ketones (excluding diaryl/α,β-unsaturated/α-hetero) is 1. The number of carbonyl (C=O) groups excluding carboxylic acids is 1. The van der Waals surface area contributed by atoms with Crippen molar-refractivity contribution in [3.05, 3.63) is 59.7 Å². The molecule has 104 valence electrons. The Morgan fingerprint density at radius 2 is 1.75 bits per heavy atom. The van der Waals surface area contributed by atoms with Crippen LogP contribution >= 0.6 is 0 Å². The fraction of sp³-hybridized carbons (Fsp3) is 0.235. The molecule has 3 N–H and O–H groups in total. The normalized spacial score (nSPS) is 12.4. The van der Waals surface area contributed by atoms with Gasteiger partial charge in [0.1, 0.15) is 0 Å². The summed E-state index contributed by atoms with van der Waals surface area (Å²) in [4.78, 5) is 12.0. The molecule has 0 saturated carbocycles. The summed E-state index contributed by atoms with van der Waals surface area (Å²) in [5.41, 5.74) is 8.67. The van der Waals surface area contributed by atoms with E-state index in [9.17, 15) is 9.90 Å². The van der Waals surface area contributed by atoms with Crippen molar-refractivity contribution < 1.29 is 9.90 Å². The highest BCUT2D eigenvalue weighted by molar-refractivity contribution is 6.04. The lowest BCUT2D eigenvalue weighted by Gasteiger charge is -2.14. The predicted molar refractivity (Wildman–Crippen MR) is 80.5 cm³/mol. The first-order chi connectivity index (χ1) is 9.50. The molecule has 0 spiro atoms.